The Balaban J connectivity index is 1.95. The third kappa shape index (κ3) is 5.52. The summed E-state index contributed by atoms with van der Waals surface area (Å²) in [5.74, 6) is 0.911. The van der Waals surface area contributed by atoms with Crippen LogP contribution in [0.3, 0.4) is 0 Å². The monoisotopic (exact) mass is 400 g/mol. The topological polar surface area (TPSA) is 85.4 Å². The van der Waals surface area contributed by atoms with Gasteiger partial charge in [-0.1, -0.05) is 40.8 Å². The molecule has 0 atom stereocenters. The number of anilines is 2. The highest BCUT2D eigenvalue weighted by Gasteiger charge is 2.13. The van der Waals surface area contributed by atoms with Crippen LogP contribution in [0.2, 0.25) is 5.02 Å². The number of hydrogen-bond donors (Lipinski definition) is 2. The maximum absolute atomic E-state index is 12.2. The van der Waals surface area contributed by atoms with Crippen molar-refractivity contribution in [3.05, 3.63) is 29.8 Å². The summed E-state index contributed by atoms with van der Waals surface area (Å²) >= 11 is 8.76. The molecule has 1 aromatic heterocycles. The molecule has 2 rings (SSSR count). The van der Waals surface area contributed by atoms with E-state index in [4.69, 9.17) is 21.1 Å². The quantitative estimate of drug-likeness (QED) is 0.491. The molecule has 0 radical (unpaired) electrons. The SMILES string of the molecule is C=CCNc1nnc(SCC(=O)Nc2cc(Cl)c(OC)cc2OC)s1. The highest BCUT2D eigenvalue weighted by Crippen LogP contribution is 2.36. The molecule has 0 aliphatic carbocycles. The number of carbonyl (C=O) groups is 1. The first-order valence-corrected chi connectivity index (χ1v) is 9.27. The van der Waals surface area contributed by atoms with Gasteiger partial charge in [0.15, 0.2) is 4.34 Å². The lowest BCUT2D eigenvalue weighted by Crippen LogP contribution is -2.14. The molecule has 134 valence electrons. The van der Waals surface area contributed by atoms with Crippen LogP contribution in [-0.2, 0) is 4.79 Å². The highest BCUT2D eigenvalue weighted by atomic mass is 35.5. The minimum atomic E-state index is -0.208. The van der Waals surface area contributed by atoms with Crippen molar-refractivity contribution >= 4 is 51.4 Å². The normalized spacial score (nSPS) is 10.2. The molecule has 0 saturated heterocycles. The zero-order valence-electron chi connectivity index (χ0n) is 13.7. The first kappa shape index (κ1) is 19.4. The van der Waals surface area contributed by atoms with Crippen LogP contribution in [0.15, 0.2) is 29.1 Å². The second-order valence-corrected chi connectivity index (χ2v) is 7.17. The minimum absolute atomic E-state index is 0.183. The van der Waals surface area contributed by atoms with E-state index in [1.807, 2.05) is 0 Å². The van der Waals surface area contributed by atoms with Gasteiger partial charge in [0.05, 0.1) is 30.7 Å². The van der Waals surface area contributed by atoms with Crippen LogP contribution in [0, 0.1) is 0 Å². The molecule has 0 aliphatic heterocycles. The third-order valence-electron chi connectivity index (χ3n) is 2.88. The number of nitrogens with one attached hydrogen (secondary N) is 2. The minimum Gasteiger partial charge on any atom is -0.495 e. The van der Waals surface area contributed by atoms with Crippen molar-refractivity contribution in [1.82, 2.24) is 10.2 Å². The second kappa shape index (κ2) is 9.50. The van der Waals surface area contributed by atoms with Gasteiger partial charge in [-0.2, -0.15) is 0 Å². The predicted octanol–water partition coefficient (Wildman–Crippen LogP) is 3.54. The molecule has 10 heteroatoms. The second-order valence-electron chi connectivity index (χ2n) is 4.57. The summed E-state index contributed by atoms with van der Waals surface area (Å²) in [6.07, 6.45) is 1.73. The molecule has 0 bridgehead atoms. The van der Waals surface area contributed by atoms with Crippen molar-refractivity contribution in [3.8, 4) is 11.5 Å². The van der Waals surface area contributed by atoms with Gasteiger partial charge in [0.1, 0.15) is 11.5 Å². The fourth-order valence-electron chi connectivity index (χ4n) is 1.77. The number of ether oxygens (including phenoxy) is 2. The summed E-state index contributed by atoms with van der Waals surface area (Å²) in [7, 11) is 3.02. The molecular formula is C15H17ClN4O3S2. The van der Waals surface area contributed by atoms with Gasteiger partial charge < -0.3 is 20.1 Å². The van der Waals surface area contributed by atoms with Crippen LogP contribution in [0.25, 0.3) is 0 Å². The fourth-order valence-corrected chi connectivity index (χ4v) is 3.57. The Hall–Kier alpha value is -1.97. The van der Waals surface area contributed by atoms with Crippen LogP contribution < -0.4 is 20.1 Å². The Kier molecular flexibility index (Phi) is 7.35. The molecule has 7 nitrogen and oxygen atoms in total. The van der Waals surface area contributed by atoms with E-state index in [9.17, 15) is 4.79 Å². The summed E-state index contributed by atoms with van der Waals surface area (Å²) < 4.78 is 11.1. The zero-order valence-corrected chi connectivity index (χ0v) is 16.1. The van der Waals surface area contributed by atoms with E-state index >= 15 is 0 Å². The first-order chi connectivity index (χ1) is 12.1. The predicted molar refractivity (Wildman–Crippen MR) is 103 cm³/mol. The molecule has 1 aromatic carbocycles. The van der Waals surface area contributed by atoms with Crippen LogP contribution in [-0.4, -0.2) is 42.6 Å². The van der Waals surface area contributed by atoms with Gasteiger partial charge in [-0.15, -0.1) is 16.8 Å². The van der Waals surface area contributed by atoms with E-state index in [2.05, 4.69) is 27.4 Å². The van der Waals surface area contributed by atoms with E-state index in [0.717, 1.165) is 0 Å². The average Bonchev–Trinajstić information content (AvgIpc) is 3.06. The molecule has 0 spiro atoms. The first-order valence-electron chi connectivity index (χ1n) is 7.09. The van der Waals surface area contributed by atoms with Gasteiger partial charge in [0.25, 0.3) is 0 Å². The van der Waals surface area contributed by atoms with Crippen LogP contribution in [0.5, 0.6) is 11.5 Å². The number of halogens is 1. The molecule has 1 heterocycles. The molecule has 0 aliphatic rings. The molecule has 25 heavy (non-hydrogen) atoms. The Morgan fingerprint density at radius 2 is 2.12 bits per heavy atom. The summed E-state index contributed by atoms with van der Waals surface area (Å²) in [6.45, 7) is 4.23. The summed E-state index contributed by atoms with van der Waals surface area (Å²) in [5.41, 5.74) is 0.476. The molecule has 2 N–H and O–H groups in total. The van der Waals surface area contributed by atoms with E-state index in [1.165, 1.54) is 37.3 Å². The Morgan fingerprint density at radius 3 is 2.80 bits per heavy atom. The van der Waals surface area contributed by atoms with Crippen molar-refractivity contribution in [2.24, 2.45) is 0 Å². The van der Waals surface area contributed by atoms with Crippen molar-refractivity contribution in [1.29, 1.82) is 0 Å². The van der Waals surface area contributed by atoms with Crippen molar-refractivity contribution in [3.63, 3.8) is 0 Å². The van der Waals surface area contributed by atoms with Gasteiger partial charge in [-0.3, -0.25) is 4.79 Å². The molecule has 0 fully saturated rings. The maximum Gasteiger partial charge on any atom is 0.234 e. The molecule has 0 saturated carbocycles. The van der Waals surface area contributed by atoms with Crippen LogP contribution in [0.1, 0.15) is 0 Å². The van der Waals surface area contributed by atoms with Crippen molar-refractivity contribution < 1.29 is 14.3 Å². The molecule has 1 amide bonds. The largest absolute Gasteiger partial charge is 0.495 e. The van der Waals surface area contributed by atoms with Crippen molar-refractivity contribution in [2.75, 3.05) is 37.2 Å². The van der Waals surface area contributed by atoms with Gasteiger partial charge in [0.2, 0.25) is 11.0 Å². The van der Waals surface area contributed by atoms with E-state index < -0.39 is 0 Å². The van der Waals surface area contributed by atoms with E-state index in [0.29, 0.717) is 38.2 Å². The number of methoxy groups -OCH3 is 2. The van der Waals surface area contributed by atoms with E-state index in [1.54, 1.807) is 18.2 Å². The van der Waals surface area contributed by atoms with Gasteiger partial charge >= 0.3 is 0 Å². The lowest BCUT2D eigenvalue weighted by Gasteiger charge is -2.12. The Labute approximate surface area is 158 Å². The maximum atomic E-state index is 12.2. The summed E-state index contributed by atoms with van der Waals surface area (Å²) in [6, 6.07) is 3.21. The van der Waals surface area contributed by atoms with Gasteiger partial charge in [-0.05, 0) is 6.07 Å². The zero-order chi connectivity index (χ0) is 18.2. The fraction of sp³-hybridized carbons (Fsp3) is 0.267. The standard InChI is InChI=1S/C15H17ClN4O3S2/c1-4-5-17-14-19-20-15(25-14)24-8-13(21)18-10-6-9(16)11(22-2)7-12(10)23-3/h4,6-7H,1,5,8H2,2-3H3,(H,17,19)(H,18,21). The smallest absolute Gasteiger partial charge is 0.234 e. The van der Waals surface area contributed by atoms with Gasteiger partial charge in [0, 0.05) is 12.6 Å². The van der Waals surface area contributed by atoms with Gasteiger partial charge in [-0.25, -0.2) is 0 Å². The molecule has 2 aromatic rings. The summed E-state index contributed by atoms with van der Waals surface area (Å²) in [5, 5.41) is 14.9. The lowest BCUT2D eigenvalue weighted by molar-refractivity contribution is -0.113. The Morgan fingerprint density at radius 1 is 1.36 bits per heavy atom. The number of nitrogens with zero attached hydrogens (tertiary/aromatic N) is 2. The highest BCUT2D eigenvalue weighted by molar-refractivity contribution is 8.01. The number of rotatable bonds is 9. The number of thioether (sulfide) groups is 1. The molecular weight excluding hydrogens is 384 g/mol. The number of amides is 1. The van der Waals surface area contributed by atoms with Crippen LogP contribution >= 0.6 is 34.7 Å². The summed E-state index contributed by atoms with van der Waals surface area (Å²) in [4.78, 5) is 12.2. The number of carbonyl (C=O) groups excluding carboxylic acids is 1. The number of benzene rings is 1. The molecule has 0 unspecified atom stereocenters. The van der Waals surface area contributed by atoms with Crippen LogP contribution in [0.4, 0.5) is 10.8 Å². The number of aromatic nitrogens is 2. The Bertz CT molecular complexity index is 754. The lowest BCUT2D eigenvalue weighted by atomic mass is 10.2. The number of hydrogen-bond acceptors (Lipinski definition) is 8. The average molecular weight is 401 g/mol. The van der Waals surface area contributed by atoms with E-state index in [-0.39, 0.29) is 11.7 Å². The third-order valence-corrected chi connectivity index (χ3v) is 5.19. The van der Waals surface area contributed by atoms with Crippen molar-refractivity contribution in [2.45, 2.75) is 4.34 Å².